The highest BCUT2D eigenvalue weighted by Crippen LogP contribution is 2.38. The number of para-hydroxylation sites is 1. The zero-order valence-corrected chi connectivity index (χ0v) is 17.9. The molecule has 0 aliphatic carbocycles. The van der Waals surface area contributed by atoms with Crippen LogP contribution in [0, 0.1) is 6.92 Å². The van der Waals surface area contributed by atoms with Gasteiger partial charge in [-0.25, -0.2) is 4.98 Å². The van der Waals surface area contributed by atoms with Crippen LogP contribution in [0.5, 0.6) is 5.75 Å². The second kappa shape index (κ2) is 8.17. The van der Waals surface area contributed by atoms with E-state index in [2.05, 4.69) is 52.5 Å². The minimum absolute atomic E-state index is 0.498. The molecule has 2 aromatic heterocycles. The number of ether oxygens (including phenoxy) is 2. The Balaban J connectivity index is 1.58. The van der Waals surface area contributed by atoms with Gasteiger partial charge in [-0.2, -0.15) is 0 Å². The number of pyridine rings is 2. The molecule has 31 heavy (non-hydrogen) atoms. The number of benzene rings is 2. The van der Waals surface area contributed by atoms with E-state index >= 15 is 0 Å². The first-order valence-electron chi connectivity index (χ1n) is 10.6. The van der Waals surface area contributed by atoms with Crippen molar-refractivity contribution < 1.29 is 9.47 Å². The molecule has 7 heteroatoms. The summed E-state index contributed by atoms with van der Waals surface area (Å²) in [5.41, 5.74) is 10.2. The van der Waals surface area contributed by atoms with E-state index in [0.29, 0.717) is 5.82 Å². The van der Waals surface area contributed by atoms with Crippen LogP contribution in [-0.2, 0) is 4.74 Å². The zero-order chi connectivity index (χ0) is 21.4. The first-order valence-corrected chi connectivity index (χ1v) is 10.6. The fourth-order valence-corrected chi connectivity index (χ4v) is 4.37. The molecule has 2 aromatic carbocycles. The summed E-state index contributed by atoms with van der Waals surface area (Å²) in [6, 6.07) is 10.3. The third kappa shape index (κ3) is 3.60. The number of nitrogens with one attached hydrogen (secondary N) is 1. The van der Waals surface area contributed by atoms with Crippen molar-refractivity contribution in [2.75, 3.05) is 57.6 Å². The van der Waals surface area contributed by atoms with Crippen molar-refractivity contribution in [3.63, 3.8) is 0 Å². The average molecular weight is 418 g/mol. The van der Waals surface area contributed by atoms with Gasteiger partial charge in [0.25, 0.3) is 0 Å². The van der Waals surface area contributed by atoms with Crippen LogP contribution in [0.3, 0.4) is 0 Å². The van der Waals surface area contributed by atoms with Crippen LogP contribution < -0.4 is 15.8 Å². The lowest BCUT2D eigenvalue weighted by atomic mass is 10.00. The molecule has 7 nitrogen and oxygen atoms in total. The minimum atomic E-state index is 0.498. The van der Waals surface area contributed by atoms with E-state index in [9.17, 15) is 0 Å². The molecule has 0 unspecified atom stereocenters. The maximum Gasteiger partial charge on any atom is 0.142 e. The van der Waals surface area contributed by atoms with Gasteiger partial charge in [0, 0.05) is 53.9 Å². The van der Waals surface area contributed by atoms with Gasteiger partial charge >= 0.3 is 0 Å². The molecule has 1 fully saturated rings. The number of hydrogen-bond donors (Lipinski definition) is 2. The SMILES string of the molecule is COc1cc2c(cc1NCCN1CCOCC1)ncc1c(N)nc3c(C)cccc3c12. The third-order valence-electron chi connectivity index (χ3n) is 6.05. The van der Waals surface area contributed by atoms with Crippen molar-refractivity contribution in [3.8, 4) is 5.75 Å². The van der Waals surface area contributed by atoms with Crippen LogP contribution in [0.1, 0.15) is 5.56 Å². The van der Waals surface area contributed by atoms with Crippen molar-refractivity contribution in [2.45, 2.75) is 6.92 Å². The van der Waals surface area contributed by atoms with Crippen molar-refractivity contribution >= 4 is 44.1 Å². The Hall–Kier alpha value is -3.16. The molecular formula is C24H27N5O2. The summed E-state index contributed by atoms with van der Waals surface area (Å²) in [5, 5.41) is 7.54. The van der Waals surface area contributed by atoms with Crippen LogP contribution in [0.4, 0.5) is 11.5 Å². The van der Waals surface area contributed by atoms with E-state index in [0.717, 1.165) is 89.0 Å². The number of fused-ring (bicyclic) bond motifs is 5. The number of anilines is 2. The topological polar surface area (TPSA) is 85.5 Å². The van der Waals surface area contributed by atoms with E-state index in [4.69, 9.17) is 20.2 Å². The molecule has 0 amide bonds. The second-order valence-electron chi connectivity index (χ2n) is 7.97. The molecule has 1 saturated heterocycles. The van der Waals surface area contributed by atoms with Gasteiger partial charge in [-0.3, -0.25) is 9.88 Å². The Labute approximate surface area is 181 Å². The molecular weight excluding hydrogens is 390 g/mol. The predicted octanol–water partition coefficient (Wildman–Crippen LogP) is 3.58. The van der Waals surface area contributed by atoms with E-state index in [1.165, 1.54) is 0 Å². The first-order chi connectivity index (χ1) is 15.2. The van der Waals surface area contributed by atoms with Gasteiger partial charge in [0.2, 0.25) is 0 Å². The predicted molar refractivity (Wildman–Crippen MR) is 126 cm³/mol. The van der Waals surface area contributed by atoms with Crippen molar-refractivity contribution in [2.24, 2.45) is 0 Å². The number of hydrogen-bond acceptors (Lipinski definition) is 7. The molecule has 0 radical (unpaired) electrons. The fraction of sp³-hybridized carbons (Fsp3) is 0.333. The Morgan fingerprint density at radius 1 is 1.16 bits per heavy atom. The molecule has 0 bridgehead atoms. The van der Waals surface area contributed by atoms with Crippen molar-refractivity contribution in [1.82, 2.24) is 14.9 Å². The summed E-state index contributed by atoms with van der Waals surface area (Å²) >= 11 is 0. The summed E-state index contributed by atoms with van der Waals surface area (Å²) in [6.45, 7) is 7.42. The average Bonchev–Trinajstić information content (AvgIpc) is 2.79. The number of rotatable bonds is 5. The van der Waals surface area contributed by atoms with E-state index in [-0.39, 0.29) is 0 Å². The summed E-state index contributed by atoms with van der Waals surface area (Å²) in [5.74, 6) is 1.29. The number of methoxy groups -OCH3 is 1. The van der Waals surface area contributed by atoms with Crippen LogP contribution in [0.2, 0.25) is 0 Å². The minimum Gasteiger partial charge on any atom is -0.495 e. The van der Waals surface area contributed by atoms with Crippen molar-refractivity contribution in [1.29, 1.82) is 0 Å². The Kier molecular flexibility index (Phi) is 5.21. The number of nitrogens with two attached hydrogens (primary N) is 1. The van der Waals surface area contributed by atoms with Crippen LogP contribution in [-0.4, -0.2) is 61.4 Å². The standard InChI is InChI=1S/C24H27N5O2/c1-15-4-3-5-16-22-17-12-21(30-2)20(26-6-7-29-8-10-31-11-9-29)13-19(17)27-14-18(22)24(25)28-23(15)16/h3-5,12-14,26H,6-11H2,1-2H3,(H2,25,28). The van der Waals surface area contributed by atoms with E-state index in [1.54, 1.807) is 7.11 Å². The Morgan fingerprint density at radius 3 is 2.81 bits per heavy atom. The normalized spacial score (nSPS) is 15.0. The van der Waals surface area contributed by atoms with E-state index < -0.39 is 0 Å². The molecule has 0 spiro atoms. The zero-order valence-electron chi connectivity index (χ0n) is 17.9. The number of morpholine rings is 1. The molecule has 1 aliphatic rings. The number of nitrogens with zero attached hydrogens (tertiary/aromatic N) is 3. The van der Waals surface area contributed by atoms with Gasteiger partial charge in [0.05, 0.1) is 37.0 Å². The highest BCUT2D eigenvalue weighted by atomic mass is 16.5. The summed E-state index contributed by atoms with van der Waals surface area (Å²) in [7, 11) is 1.70. The van der Waals surface area contributed by atoms with Gasteiger partial charge in [-0.1, -0.05) is 18.2 Å². The molecule has 160 valence electrons. The lowest BCUT2D eigenvalue weighted by Crippen LogP contribution is -2.39. The fourth-order valence-electron chi connectivity index (χ4n) is 4.37. The Morgan fingerprint density at radius 2 is 2.00 bits per heavy atom. The number of aryl methyl sites for hydroxylation is 1. The largest absolute Gasteiger partial charge is 0.495 e. The van der Waals surface area contributed by atoms with Gasteiger partial charge < -0.3 is 20.5 Å². The summed E-state index contributed by atoms with van der Waals surface area (Å²) in [6.07, 6.45) is 1.83. The van der Waals surface area contributed by atoms with Gasteiger partial charge in [0.15, 0.2) is 0 Å². The smallest absolute Gasteiger partial charge is 0.142 e. The number of nitrogen functional groups attached to an aromatic ring is 1. The summed E-state index contributed by atoms with van der Waals surface area (Å²) in [4.78, 5) is 11.7. The van der Waals surface area contributed by atoms with Crippen LogP contribution >= 0.6 is 0 Å². The molecule has 3 N–H and O–H groups in total. The van der Waals surface area contributed by atoms with Crippen LogP contribution in [0.15, 0.2) is 36.5 Å². The third-order valence-corrected chi connectivity index (χ3v) is 6.05. The van der Waals surface area contributed by atoms with Gasteiger partial charge in [0.1, 0.15) is 11.6 Å². The molecule has 1 aliphatic heterocycles. The molecule has 3 heterocycles. The van der Waals surface area contributed by atoms with Crippen LogP contribution in [0.25, 0.3) is 32.6 Å². The first kappa shape index (κ1) is 19.8. The quantitative estimate of drug-likeness (QED) is 0.480. The van der Waals surface area contributed by atoms with E-state index in [1.807, 2.05) is 6.20 Å². The number of aromatic nitrogens is 2. The second-order valence-corrected chi connectivity index (χ2v) is 7.97. The molecule has 5 rings (SSSR count). The maximum absolute atomic E-state index is 6.31. The highest BCUT2D eigenvalue weighted by molar-refractivity contribution is 6.21. The van der Waals surface area contributed by atoms with Gasteiger partial charge in [-0.15, -0.1) is 0 Å². The Bertz CT molecular complexity index is 1270. The van der Waals surface area contributed by atoms with Crippen molar-refractivity contribution in [3.05, 3.63) is 42.1 Å². The molecule has 4 aromatic rings. The lowest BCUT2D eigenvalue weighted by Gasteiger charge is -2.26. The summed E-state index contributed by atoms with van der Waals surface area (Å²) < 4.78 is 11.2. The van der Waals surface area contributed by atoms with Gasteiger partial charge in [-0.05, 0) is 24.6 Å². The highest BCUT2D eigenvalue weighted by Gasteiger charge is 2.15. The monoisotopic (exact) mass is 417 g/mol. The molecule has 0 atom stereocenters. The maximum atomic E-state index is 6.31. The lowest BCUT2D eigenvalue weighted by molar-refractivity contribution is 0.0398. The molecule has 0 saturated carbocycles.